The second-order valence-electron chi connectivity index (χ2n) is 9.05. The van der Waals surface area contributed by atoms with Crippen LogP contribution in [0.1, 0.15) is 26.3 Å². The maximum Gasteiger partial charge on any atom is 0.253 e. The van der Waals surface area contributed by atoms with Gasteiger partial charge in [-0.05, 0) is 61.5 Å². The molecule has 0 saturated carbocycles. The zero-order valence-corrected chi connectivity index (χ0v) is 20.9. The summed E-state index contributed by atoms with van der Waals surface area (Å²) in [7, 11) is 2.07. The highest BCUT2D eigenvalue weighted by atomic mass is 32.1. The van der Waals surface area contributed by atoms with Crippen molar-refractivity contribution in [1.29, 1.82) is 0 Å². The van der Waals surface area contributed by atoms with Gasteiger partial charge in [0.25, 0.3) is 11.8 Å². The molecule has 1 aliphatic heterocycles. The molecule has 2 heterocycles. The van der Waals surface area contributed by atoms with Crippen molar-refractivity contribution in [3.63, 3.8) is 0 Å². The first-order chi connectivity index (χ1) is 17.5. The van der Waals surface area contributed by atoms with E-state index in [-0.39, 0.29) is 17.6 Å². The normalized spacial score (nSPS) is 14.2. The molecule has 5 rings (SSSR count). The van der Waals surface area contributed by atoms with Gasteiger partial charge in [0, 0.05) is 49.4 Å². The molecule has 2 N–H and O–H groups in total. The van der Waals surface area contributed by atoms with Crippen LogP contribution in [0.3, 0.4) is 0 Å². The topological polar surface area (TPSA) is 85.8 Å². The molecule has 0 bridgehead atoms. The predicted molar refractivity (Wildman–Crippen MR) is 143 cm³/mol. The van der Waals surface area contributed by atoms with Crippen LogP contribution in [0.25, 0.3) is 20.8 Å². The van der Waals surface area contributed by atoms with E-state index in [0.717, 1.165) is 52.5 Å². The summed E-state index contributed by atoms with van der Waals surface area (Å²) in [5.74, 6) is 0.174. The monoisotopic (exact) mass is 500 g/mol. The first kappa shape index (κ1) is 24.0. The molecular weight excluding hydrogens is 472 g/mol. The Balaban J connectivity index is 1.23. The molecule has 1 fully saturated rings. The van der Waals surface area contributed by atoms with E-state index in [1.54, 1.807) is 18.2 Å². The van der Waals surface area contributed by atoms with Gasteiger partial charge >= 0.3 is 0 Å². The summed E-state index contributed by atoms with van der Waals surface area (Å²) in [6, 6.07) is 20.1. The molecule has 0 radical (unpaired) electrons. The third-order valence-corrected chi connectivity index (χ3v) is 7.52. The quantitative estimate of drug-likeness (QED) is 0.418. The number of phenols is 1. The van der Waals surface area contributed by atoms with Crippen molar-refractivity contribution >= 4 is 33.4 Å². The summed E-state index contributed by atoms with van der Waals surface area (Å²) in [4.78, 5) is 34.3. The van der Waals surface area contributed by atoms with E-state index in [1.807, 2.05) is 53.4 Å². The van der Waals surface area contributed by atoms with Crippen LogP contribution in [0.5, 0.6) is 5.75 Å². The fourth-order valence-electron chi connectivity index (χ4n) is 4.22. The summed E-state index contributed by atoms with van der Waals surface area (Å²) in [6.45, 7) is 3.81. The number of aromatic hydroxyl groups is 1. The van der Waals surface area contributed by atoms with Crippen molar-refractivity contribution in [2.45, 2.75) is 6.42 Å². The minimum atomic E-state index is -0.127. The van der Waals surface area contributed by atoms with Gasteiger partial charge in [-0.2, -0.15) is 0 Å². The van der Waals surface area contributed by atoms with Crippen LogP contribution in [0, 0.1) is 0 Å². The van der Waals surface area contributed by atoms with E-state index in [0.29, 0.717) is 24.1 Å². The highest BCUT2D eigenvalue weighted by Crippen LogP contribution is 2.31. The number of fused-ring (bicyclic) bond motifs is 1. The number of carbonyl (C=O) groups excluding carboxylic acids is 2. The molecule has 184 valence electrons. The Morgan fingerprint density at radius 3 is 2.36 bits per heavy atom. The maximum atomic E-state index is 12.8. The first-order valence-electron chi connectivity index (χ1n) is 12.0. The zero-order valence-electron chi connectivity index (χ0n) is 20.1. The van der Waals surface area contributed by atoms with E-state index >= 15 is 0 Å². The van der Waals surface area contributed by atoms with Gasteiger partial charge in [0.05, 0.1) is 10.2 Å². The molecule has 3 aromatic carbocycles. The van der Waals surface area contributed by atoms with Crippen molar-refractivity contribution in [1.82, 2.24) is 20.1 Å². The van der Waals surface area contributed by atoms with Crippen LogP contribution < -0.4 is 5.32 Å². The molecular formula is C28H28N4O3S. The lowest BCUT2D eigenvalue weighted by Crippen LogP contribution is -2.47. The number of nitrogens with zero attached hydrogens (tertiary/aromatic N) is 3. The van der Waals surface area contributed by atoms with Gasteiger partial charge in [-0.3, -0.25) is 9.59 Å². The maximum absolute atomic E-state index is 12.8. The molecule has 7 nitrogen and oxygen atoms in total. The molecule has 1 aromatic heterocycles. The predicted octanol–water partition coefficient (Wildman–Crippen LogP) is 4.03. The number of hydrogen-bond donors (Lipinski definition) is 2. The Bertz CT molecular complexity index is 1370. The number of hydrogen-bond acceptors (Lipinski definition) is 6. The Morgan fingerprint density at radius 2 is 1.64 bits per heavy atom. The van der Waals surface area contributed by atoms with E-state index < -0.39 is 0 Å². The highest BCUT2D eigenvalue weighted by molar-refractivity contribution is 7.21. The second-order valence-corrected chi connectivity index (χ2v) is 10.1. The van der Waals surface area contributed by atoms with E-state index in [9.17, 15) is 14.7 Å². The third-order valence-electron chi connectivity index (χ3n) is 6.46. The zero-order chi connectivity index (χ0) is 25.1. The lowest BCUT2D eigenvalue weighted by molar-refractivity contribution is 0.0664. The molecule has 1 aliphatic rings. The number of aromatic nitrogens is 1. The summed E-state index contributed by atoms with van der Waals surface area (Å²) < 4.78 is 0.939. The van der Waals surface area contributed by atoms with Crippen LogP contribution in [-0.2, 0) is 6.42 Å². The fourth-order valence-corrected chi connectivity index (χ4v) is 5.23. The molecule has 0 aliphatic carbocycles. The summed E-state index contributed by atoms with van der Waals surface area (Å²) in [6.07, 6.45) is 0.687. The second kappa shape index (κ2) is 10.5. The third kappa shape index (κ3) is 5.40. The number of thiazole rings is 1. The molecule has 2 amide bonds. The minimum absolute atomic E-state index is 0.0695. The molecule has 0 unspecified atom stereocenters. The van der Waals surface area contributed by atoms with E-state index in [2.05, 4.69) is 17.3 Å². The van der Waals surface area contributed by atoms with Crippen molar-refractivity contribution in [3.05, 3.63) is 83.4 Å². The van der Waals surface area contributed by atoms with Gasteiger partial charge in [0.15, 0.2) is 0 Å². The van der Waals surface area contributed by atoms with Gasteiger partial charge in [-0.1, -0.05) is 24.3 Å². The summed E-state index contributed by atoms with van der Waals surface area (Å²) >= 11 is 1.53. The van der Waals surface area contributed by atoms with Crippen LogP contribution in [0.2, 0.25) is 0 Å². The number of rotatable bonds is 6. The number of likely N-dealkylation sites (N-methyl/N-ethyl adjacent to an activating group) is 1. The van der Waals surface area contributed by atoms with Gasteiger partial charge < -0.3 is 20.2 Å². The van der Waals surface area contributed by atoms with Crippen LogP contribution in [0.15, 0.2) is 66.7 Å². The number of piperazine rings is 1. The Labute approximate surface area is 214 Å². The van der Waals surface area contributed by atoms with Gasteiger partial charge in [0.1, 0.15) is 10.8 Å². The smallest absolute Gasteiger partial charge is 0.253 e. The Morgan fingerprint density at radius 1 is 0.944 bits per heavy atom. The molecule has 1 saturated heterocycles. The van der Waals surface area contributed by atoms with Crippen LogP contribution in [-0.4, -0.2) is 71.5 Å². The number of benzene rings is 3. The van der Waals surface area contributed by atoms with Crippen molar-refractivity contribution in [3.8, 4) is 16.3 Å². The Kier molecular flexibility index (Phi) is 6.97. The number of carbonyl (C=O) groups is 2. The van der Waals surface area contributed by atoms with E-state index in [4.69, 9.17) is 4.98 Å². The molecule has 4 aromatic rings. The lowest BCUT2D eigenvalue weighted by atomic mass is 10.1. The molecule has 8 heteroatoms. The first-order valence-corrected chi connectivity index (χ1v) is 12.8. The largest absolute Gasteiger partial charge is 0.508 e. The summed E-state index contributed by atoms with van der Waals surface area (Å²) in [5.41, 5.74) is 4.12. The molecule has 36 heavy (non-hydrogen) atoms. The minimum Gasteiger partial charge on any atom is -0.508 e. The summed E-state index contributed by atoms with van der Waals surface area (Å²) in [5, 5.41) is 13.2. The number of nitrogens with one attached hydrogen (secondary N) is 1. The van der Waals surface area contributed by atoms with Crippen LogP contribution >= 0.6 is 11.3 Å². The van der Waals surface area contributed by atoms with Crippen molar-refractivity contribution < 1.29 is 14.7 Å². The number of amides is 2. The average Bonchev–Trinajstić information content (AvgIpc) is 3.33. The highest BCUT2D eigenvalue weighted by Gasteiger charge is 2.20. The van der Waals surface area contributed by atoms with Gasteiger partial charge in [-0.25, -0.2) is 4.98 Å². The van der Waals surface area contributed by atoms with Crippen LogP contribution in [0.4, 0.5) is 0 Å². The van der Waals surface area contributed by atoms with Gasteiger partial charge in [0.2, 0.25) is 0 Å². The SMILES string of the molecule is CN1CCN(C(=O)c2ccc(-c3nc4ccc(C(=O)NCCc5ccc(O)cc5)cc4s3)cc2)CC1. The lowest BCUT2D eigenvalue weighted by Gasteiger charge is -2.32. The molecule has 0 atom stereocenters. The fraction of sp³-hybridized carbons (Fsp3) is 0.250. The molecule has 0 spiro atoms. The van der Waals surface area contributed by atoms with Crippen molar-refractivity contribution in [2.75, 3.05) is 39.8 Å². The number of phenolic OH excluding ortho intramolecular Hbond substituents is 1. The Hall–Kier alpha value is -3.75. The average molecular weight is 501 g/mol. The van der Waals surface area contributed by atoms with Gasteiger partial charge in [-0.15, -0.1) is 11.3 Å². The standard InChI is InChI=1S/C28H28N4O3S/c1-31-14-16-32(17-15-31)28(35)21-6-4-20(5-7-21)27-30-24-11-8-22(18-25(24)36-27)26(34)29-13-12-19-2-9-23(33)10-3-19/h2-11,18,33H,12-17H2,1H3,(H,29,34). The van der Waals surface area contributed by atoms with E-state index in [1.165, 1.54) is 11.3 Å². The van der Waals surface area contributed by atoms with Crippen molar-refractivity contribution in [2.24, 2.45) is 0 Å².